The van der Waals surface area contributed by atoms with Crippen molar-refractivity contribution in [2.24, 2.45) is 0 Å². The molecule has 0 spiro atoms. The van der Waals surface area contributed by atoms with E-state index in [1.807, 2.05) is 0 Å². The maximum atomic E-state index is 12.2. The number of hydrogen-bond acceptors (Lipinski definition) is 3. The molecule has 96 valence electrons. The van der Waals surface area contributed by atoms with Crippen LogP contribution in [-0.4, -0.2) is 36.5 Å². The van der Waals surface area contributed by atoms with Crippen LogP contribution in [0.5, 0.6) is 5.75 Å². The minimum absolute atomic E-state index is 0.240. The van der Waals surface area contributed by atoms with Crippen molar-refractivity contribution < 1.29 is 14.6 Å². The SMILES string of the molecule is COc1cccc2c(=O)n(C(C)(C)C(=O)O)[se]c12. The Kier molecular flexibility index (Phi) is 3.09. The van der Waals surface area contributed by atoms with Crippen LogP contribution in [0.4, 0.5) is 0 Å². The first-order chi connectivity index (χ1) is 8.39. The van der Waals surface area contributed by atoms with Gasteiger partial charge in [-0.1, -0.05) is 0 Å². The van der Waals surface area contributed by atoms with Gasteiger partial charge in [0.1, 0.15) is 0 Å². The van der Waals surface area contributed by atoms with Gasteiger partial charge in [0.05, 0.1) is 0 Å². The van der Waals surface area contributed by atoms with Crippen molar-refractivity contribution in [1.29, 1.82) is 0 Å². The van der Waals surface area contributed by atoms with Gasteiger partial charge in [0.25, 0.3) is 0 Å². The zero-order valence-corrected chi connectivity index (χ0v) is 12.0. The number of methoxy groups -OCH3 is 1. The summed E-state index contributed by atoms with van der Waals surface area (Å²) in [4.78, 5) is 23.5. The Hall–Kier alpha value is -1.52. The van der Waals surface area contributed by atoms with Gasteiger partial charge in [-0.25, -0.2) is 0 Å². The van der Waals surface area contributed by atoms with Gasteiger partial charge in [-0.3, -0.25) is 0 Å². The molecule has 0 fully saturated rings. The predicted octanol–water partition coefficient (Wildman–Crippen LogP) is 0.887. The van der Waals surface area contributed by atoms with Crippen LogP contribution < -0.4 is 10.3 Å². The first-order valence-corrected chi connectivity index (χ1v) is 6.94. The third kappa shape index (κ3) is 1.78. The number of benzene rings is 1. The summed E-state index contributed by atoms with van der Waals surface area (Å²) in [6.07, 6.45) is 0. The predicted molar refractivity (Wildman–Crippen MR) is 68.7 cm³/mol. The Labute approximate surface area is 110 Å². The van der Waals surface area contributed by atoms with E-state index in [0.29, 0.717) is 11.1 Å². The fourth-order valence-electron chi connectivity index (χ4n) is 1.64. The average Bonchev–Trinajstić information content (AvgIpc) is 2.67. The number of carbonyl (C=O) groups is 1. The molecule has 1 heterocycles. The van der Waals surface area contributed by atoms with E-state index in [1.54, 1.807) is 25.3 Å². The zero-order valence-electron chi connectivity index (χ0n) is 10.3. The van der Waals surface area contributed by atoms with Crippen LogP contribution in [0.25, 0.3) is 9.65 Å². The number of carboxylic acid groups (broad SMARTS) is 1. The number of aliphatic carboxylic acids is 1. The first-order valence-electron chi connectivity index (χ1n) is 5.32. The molecule has 1 aromatic carbocycles. The van der Waals surface area contributed by atoms with E-state index in [0.717, 1.165) is 4.26 Å². The first kappa shape index (κ1) is 12.9. The second kappa shape index (κ2) is 4.30. The van der Waals surface area contributed by atoms with Crippen molar-refractivity contribution in [2.45, 2.75) is 19.4 Å². The molecule has 0 aliphatic heterocycles. The molecule has 6 heteroatoms. The summed E-state index contributed by atoms with van der Waals surface area (Å²) in [7, 11) is 1.54. The number of carboxylic acids is 1. The quantitative estimate of drug-likeness (QED) is 0.854. The van der Waals surface area contributed by atoms with Crippen molar-refractivity contribution in [1.82, 2.24) is 3.56 Å². The van der Waals surface area contributed by atoms with E-state index in [4.69, 9.17) is 4.74 Å². The van der Waals surface area contributed by atoms with Gasteiger partial charge in [-0.05, 0) is 0 Å². The van der Waals surface area contributed by atoms with Crippen LogP contribution in [0.3, 0.4) is 0 Å². The molecule has 0 unspecified atom stereocenters. The third-order valence-corrected chi connectivity index (χ3v) is 5.78. The number of fused-ring (bicyclic) bond motifs is 1. The van der Waals surface area contributed by atoms with Crippen LogP contribution in [0, 0.1) is 0 Å². The fraction of sp³-hybridized carbons (Fsp3) is 0.333. The van der Waals surface area contributed by atoms with Crippen LogP contribution >= 0.6 is 0 Å². The van der Waals surface area contributed by atoms with E-state index in [9.17, 15) is 14.7 Å². The summed E-state index contributed by atoms with van der Waals surface area (Å²) in [6, 6.07) is 5.23. The fourth-order valence-corrected chi connectivity index (χ4v) is 4.08. The Morgan fingerprint density at radius 1 is 1.44 bits per heavy atom. The van der Waals surface area contributed by atoms with Crippen molar-refractivity contribution in [2.75, 3.05) is 7.11 Å². The van der Waals surface area contributed by atoms with Crippen molar-refractivity contribution in [3.63, 3.8) is 0 Å². The number of rotatable bonds is 3. The van der Waals surface area contributed by atoms with Gasteiger partial charge in [-0.15, -0.1) is 0 Å². The molecule has 2 rings (SSSR count). The monoisotopic (exact) mass is 315 g/mol. The number of nitrogens with zero attached hydrogens (tertiary/aromatic N) is 1. The molecule has 0 bridgehead atoms. The van der Waals surface area contributed by atoms with Crippen molar-refractivity contribution in [3.8, 4) is 5.75 Å². The van der Waals surface area contributed by atoms with Gasteiger partial charge >= 0.3 is 109 Å². The summed E-state index contributed by atoms with van der Waals surface area (Å²) in [5, 5.41) is 9.75. The number of aromatic nitrogens is 1. The molecular formula is C12H13NO4Se. The molecule has 1 aromatic heterocycles. The third-order valence-electron chi connectivity index (χ3n) is 2.83. The van der Waals surface area contributed by atoms with Crippen molar-refractivity contribution in [3.05, 3.63) is 28.6 Å². The summed E-state index contributed by atoms with van der Waals surface area (Å²) < 4.78 is 7.44. The molecule has 18 heavy (non-hydrogen) atoms. The van der Waals surface area contributed by atoms with Gasteiger partial charge in [0, 0.05) is 0 Å². The number of ether oxygens (including phenoxy) is 1. The summed E-state index contributed by atoms with van der Waals surface area (Å²) in [6.45, 7) is 3.07. The van der Waals surface area contributed by atoms with Crippen LogP contribution in [0.1, 0.15) is 13.8 Å². The van der Waals surface area contributed by atoms with Gasteiger partial charge in [0.2, 0.25) is 0 Å². The molecule has 5 nitrogen and oxygen atoms in total. The Bertz CT molecular complexity index is 668. The minimum atomic E-state index is -1.21. The van der Waals surface area contributed by atoms with Gasteiger partial charge < -0.3 is 0 Å². The topological polar surface area (TPSA) is 68.5 Å². The molecule has 1 N–H and O–H groups in total. The van der Waals surface area contributed by atoms with E-state index in [1.165, 1.54) is 17.4 Å². The zero-order chi connectivity index (χ0) is 13.5. The molecule has 0 aliphatic carbocycles. The molecular weight excluding hydrogens is 301 g/mol. The molecule has 0 saturated heterocycles. The second-order valence-corrected chi connectivity index (χ2v) is 6.40. The van der Waals surface area contributed by atoms with E-state index >= 15 is 0 Å². The molecule has 0 radical (unpaired) electrons. The van der Waals surface area contributed by atoms with E-state index in [2.05, 4.69) is 0 Å². The summed E-state index contributed by atoms with van der Waals surface area (Å²) >= 11 is -0.374. The maximum absolute atomic E-state index is 12.2. The second-order valence-electron chi connectivity index (χ2n) is 4.39. The molecule has 0 aliphatic rings. The van der Waals surface area contributed by atoms with Crippen LogP contribution in [-0.2, 0) is 10.3 Å². The Morgan fingerprint density at radius 3 is 2.67 bits per heavy atom. The normalized spacial score (nSPS) is 11.7. The van der Waals surface area contributed by atoms with Gasteiger partial charge in [0.15, 0.2) is 0 Å². The molecule has 2 aromatic rings. The molecule has 0 amide bonds. The van der Waals surface area contributed by atoms with Gasteiger partial charge in [-0.2, -0.15) is 0 Å². The molecule has 0 saturated carbocycles. The Morgan fingerprint density at radius 2 is 2.11 bits per heavy atom. The number of hydrogen-bond donors (Lipinski definition) is 1. The molecule has 0 atom stereocenters. The summed E-state index contributed by atoms with van der Waals surface area (Å²) in [5.74, 6) is -0.367. The van der Waals surface area contributed by atoms with E-state index < -0.39 is 11.5 Å². The standard InChI is InChI=1S/C12H13NO4Se/c1-12(2,11(15)16)13-10(14)7-5-4-6-8(17-3)9(7)18-13/h4-6H,1-3H3,(H,15,16). The summed E-state index contributed by atoms with van der Waals surface area (Å²) in [5.41, 5.74) is -1.45. The van der Waals surface area contributed by atoms with Crippen molar-refractivity contribution >= 4 is 30.3 Å². The Balaban J connectivity index is 2.80. The van der Waals surface area contributed by atoms with Crippen LogP contribution in [0.2, 0.25) is 0 Å². The van der Waals surface area contributed by atoms with Crippen LogP contribution in [0.15, 0.2) is 23.0 Å². The van der Waals surface area contributed by atoms with E-state index in [-0.39, 0.29) is 20.3 Å². The average molecular weight is 314 g/mol.